The van der Waals surface area contributed by atoms with E-state index in [1.165, 1.54) is 12.1 Å². The number of nitrogens with one attached hydrogen (secondary N) is 2. The summed E-state index contributed by atoms with van der Waals surface area (Å²) < 4.78 is 19.1. The lowest BCUT2D eigenvalue weighted by atomic mass is 10.1. The summed E-state index contributed by atoms with van der Waals surface area (Å²) in [6.45, 7) is 0. The molecule has 5 rings (SSSR count). The van der Waals surface area contributed by atoms with Crippen molar-refractivity contribution in [3.05, 3.63) is 83.8 Å². The maximum atomic E-state index is 13.2. The number of H-pyrrole nitrogens is 1. The van der Waals surface area contributed by atoms with Gasteiger partial charge in [0.15, 0.2) is 0 Å². The second kappa shape index (κ2) is 8.16. The number of hydrogen-bond donors (Lipinski definition) is 3. The molecule has 0 fully saturated rings. The summed E-state index contributed by atoms with van der Waals surface area (Å²) in [7, 11) is 0. The van der Waals surface area contributed by atoms with Gasteiger partial charge in [-0.2, -0.15) is 10.1 Å². The maximum absolute atomic E-state index is 13.2. The molecule has 2 aromatic heterocycles. The van der Waals surface area contributed by atoms with Crippen LogP contribution in [-0.2, 0) is 0 Å². The van der Waals surface area contributed by atoms with E-state index in [0.717, 1.165) is 16.5 Å². The number of nitrogens with two attached hydrogens (primary N) is 1. The Morgan fingerprint density at radius 2 is 1.81 bits per heavy atom. The summed E-state index contributed by atoms with van der Waals surface area (Å²) in [6.07, 6.45) is 1.73. The number of aromatic amines is 1. The molecule has 32 heavy (non-hydrogen) atoms. The molecule has 0 saturated carbocycles. The molecular formula is C23H16ClFN6O. The lowest BCUT2D eigenvalue weighted by molar-refractivity contribution is 0.484. The molecule has 5 aromatic rings. The largest absolute Gasteiger partial charge is 0.456 e. The number of benzene rings is 3. The highest BCUT2D eigenvalue weighted by atomic mass is 35.5. The first-order chi connectivity index (χ1) is 15.5. The van der Waals surface area contributed by atoms with Crippen molar-refractivity contribution in [1.29, 1.82) is 0 Å². The van der Waals surface area contributed by atoms with Crippen LogP contribution in [0.5, 0.6) is 11.5 Å². The second-order valence-electron chi connectivity index (χ2n) is 6.99. The van der Waals surface area contributed by atoms with E-state index in [1.54, 1.807) is 36.5 Å². The molecule has 0 radical (unpaired) electrons. The molecule has 0 aliphatic carbocycles. The number of anilines is 3. The SMILES string of the molecule is Nc1nc(Nc2ccc(Oc3ccc4[nH]ncc4c3)c(Cl)c2)cc(-c2ccc(F)cc2)n1. The number of halogens is 2. The van der Waals surface area contributed by atoms with Gasteiger partial charge in [-0.05, 0) is 60.7 Å². The first-order valence-corrected chi connectivity index (χ1v) is 9.99. The predicted molar refractivity (Wildman–Crippen MR) is 123 cm³/mol. The van der Waals surface area contributed by atoms with Crippen molar-refractivity contribution >= 4 is 40.0 Å². The number of aromatic nitrogens is 4. The molecule has 158 valence electrons. The van der Waals surface area contributed by atoms with Crippen LogP contribution in [0.4, 0.5) is 21.8 Å². The molecule has 4 N–H and O–H groups in total. The van der Waals surface area contributed by atoms with Gasteiger partial charge in [0.25, 0.3) is 0 Å². The number of hydrogen-bond acceptors (Lipinski definition) is 6. The molecule has 2 heterocycles. The molecule has 0 amide bonds. The summed E-state index contributed by atoms with van der Waals surface area (Å²) in [4.78, 5) is 8.44. The highest BCUT2D eigenvalue weighted by molar-refractivity contribution is 6.32. The summed E-state index contributed by atoms with van der Waals surface area (Å²) in [5.74, 6) is 1.40. The molecule has 0 unspecified atom stereocenters. The molecule has 3 aromatic carbocycles. The van der Waals surface area contributed by atoms with Crippen LogP contribution in [-0.4, -0.2) is 20.2 Å². The highest BCUT2D eigenvalue weighted by Gasteiger charge is 2.09. The normalized spacial score (nSPS) is 10.9. The number of nitrogens with zero attached hydrogens (tertiary/aromatic N) is 3. The number of ether oxygens (including phenoxy) is 1. The third-order valence-corrected chi connectivity index (χ3v) is 5.02. The van der Waals surface area contributed by atoms with Crippen molar-refractivity contribution in [3.63, 3.8) is 0 Å². The maximum Gasteiger partial charge on any atom is 0.222 e. The van der Waals surface area contributed by atoms with E-state index in [4.69, 9.17) is 22.1 Å². The monoisotopic (exact) mass is 446 g/mol. The quantitative estimate of drug-likeness (QED) is 0.309. The summed E-state index contributed by atoms with van der Waals surface area (Å²) in [5, 5.41) is 11.4. The van der Waals surface area contributed by atoms with E-state index in [-0.39, 0.29) is 11.8 Å². The van der Waals surface area contributed by atoms with Crippen LogP contribution in [0.25, 0.3) is 22.2 Å². The fraction of sp³-hybridized carbons (Fsp3) is 0. The standard InChI is InChI=1S/C23H16ClFN6O/c24-18-10-16(5-8-21(18)32-17-6-7-19-14(9-17)12-27-31-19)28-22-11-20(29-23(26)30-22)13-1-3-15(25)4-2-13/h1-12H,(H,27,31)(H3,26,28,29,30). The van der Waals surface area contributed by atoms with Crippen molar-refractivity contribution in [2.75, 3.05) is 11.1 Å². The first-order valence-electron chi connectivity index (χ1n) is 9.61. The third-order valence-electron chi connectivity index (χ3n) is 4.73. The Morgan fingerprint density at radius 1 is 0.969 bits per heavy atom. The van der Waals surface area contributed by atoms with E-state index < -0.39 is 0 Å². The lowest BCUT2D eigenvalue weighted by Gasteiger charge is -2.12. The molecular weight excluding hydrogens is 431 g/mol. The van der Waals surface area contributed by atoms with Crippen molar-refractivity contribution in [2.24, 2.45) is 0 Å². The minimum atomic E-state index is -0.323. The van der Waals surface area contributed by atoms with Crippen LogP contribution in [0.1, 0.15) is 0 Å². The van der Waals surface area contributed by atoms with Gasteiger partial charge in [0.1, 0.15) is 23.1 Å². The Kier molecular flexibility index (Phi) is 5.04. The molecule has 0 aliphatic heterocycles. The van der Waals surface area contributed by atoms with E-state index in [9.17, 15) is 4.39 Å². The van der Waals surface area contributed by atoms with Gasteiger partial charge in [0, 0.05) is 22.7 Å². The second-order valence-corrected chi connectivity index (χ2v) is 7.40. The average Bonchev–Trinajstić information content (AvgIpc) is 3.24. The number of rotatable bonds is 5. The van der Waals surface area contributed by atoms with Gasteiger partial charge in [-0.25, -0.2) is 9.37 Å². The fourth-order valence-corrected chi connectivity index (χ4v) is 3.44. The molecule has 0 bridgehead atoms. The summed E-state index contributed by atoms with van der Waals surface area (Å²) in [5.41, 5.74) is 8.77. The van der Waals surface area contributed by atoms with Gasteiger partial charge in [0.2, 0.25) is 5.95 Å². The smallest absolute Gasteiger partial charge is 0.222 e. The summed E-state index contributed by atoms with van der Waals surface area (Å²) in [6, 6.07) is 18.6. The lowest BCUT2D eigenvalue weighted by Crippen LogP contribution is -2.01. The highest BCUT2D eigenvalue weighted by Crippen LogP contribution is 2.33. The molecule has 0 spiro atoms. The number of nitrogen functional groups attached to an aromatic ring is 1. The Balaban J connectivity index is 1.36. The Hall–Kier alpha value is -4.17. The number of fused-ring (bicyclic) bond motifs is 1. The van der Waals surface area contributed by atoms with Gasteiger partial charge >= 0.3 is 0 Å². The van der Waals surface area contributed by atoms with Crippen molar-refractivity contribution < 1.29 is 9.13 Å². The average molecular weight is 447 g/mol. The zero-order valence-corrected chi connectivity index (χ0v) is 17.3. The minimum Gasteiger partial charge on any atom is -0.456 e. The van der Waals surface area contributed by atoms with E-state index in [0.29, 0.717) is 33.7 Å². The van der Waals surface area contributed by atoms with Crippen LogP contribution in [0.2, 0.25) is 5.02 Å². The van der Waals surface area contributed by atoms with Gasteiger partial charge in [-0.15, -0.1) is 0 Å². The fourth-order valence-electron chi connectivity index (χ4n) is 3.22. The van der Waals surface area contributed by atoms with Crippen LogP contribution in [0, 0.1) is 5.82 Å². The first kappa shape index (κ1) is 19.8. The molecule has 0 aliphatic rings. The molecule has 0 atom stereocenters. The van der Waals surface area contributed by atoms with Crippen LogP contribution in [0.15, 0.2) is 72.9 Å². The van der Waals surface area contributed by atoms with Crippen LogP contribution >= 0.6 is 11.6 Å². The van der Waals surface area contributed by atoms with Crippen molar-refractivity contribution in [3.8, 4) is 22.8 Å². The van der Waals surface area contributed by atoms with Gasteiger partial charge in [0.05, 0.1) is 22.4 Å². The van der Waals surface area contributed by atoms with E-state index in [2.05, 4.69) is 25.5 Å². The summed E-state index contributed by atoms with van der Waals surface area (Å²) >= 11 is 6.44. The zero-order chi connectivity index (χ0) is 22.1. The van der Waals surface area contributed by atoms with Crippen LogP contribution < -0.4 is 15.8 Å². The Morgan fingerprint density at radius 3 is 2.62 bits per heavy atom. The molecule has 0 saturated heterocycles. The Labute approximate surface area is 187 Å². The molecule has 9 heteroatoms. The van der Waals surface area contributed by atoms with Gasteiger partial charge < -0.3 is 15.8 Å². The predicted octanol–water partition coefficient (Wildman–Crippen LogP) is 5.93. The molecule has 7 nitrogen and oxygen atoms in total. The van der Waals surface area contributed by atoms with Crippen molar-refractivity contribution in [1.82, 2.24) is 20.2 Å². The third kappa shape index (κ3) is 4.17. The minimum absolute atomic E-state index is 0.0926. The van der Waals surface area contributed by atoms with E-state index >= 15 is 0 Å². The van der Waals surface area contributed by atoms with Crippen molar-refractivity contribution in [2.45, 2.75) is 0 Å². The van der Waals surface area contributed by atoms with Crippen LogP contribution in [0.3, 0.4) is 0 Å². The van der Waals surface area contributed by atoms with E-state index in [1.807, 2.05) is 24.3 Å². The zero-order valence-electron chi connectivity index (χ0n) is 16.5. The van der Waals surface area contributed by atoms with Gasteiger partial charge in [-0.3, -0.25) is 5.10 Å². The Bertz CT molecular complexity index is 1420. The topological polar surface area (TPSA) is 102 Å². The van der Waals surface area contributed by atoms with Gasteiger partial charge in [-0.1, -0.05) is 11.6 Å².